The smallest absolute Gasteiger partial charge is 0.0791 e. The predicted octanol–water partition coefficient (Wildman–Crippen LogP) is 2.69. The van der Waals surface area contributed by atoms with Crippen molar-refractivity contribution in [3.63, 3.8) is 0 Å². The van der Waals surface area contributed by atoms with Crippen LogP contribution in [0.5, 0.6) is 0 Å². The van der Waals surface area contributed by atoms with E-state index in [0.717, 1.165) is 5.02 Å². The molecular formula is C15H25ClN2O. The van der Waals surface area contributed by atoms with Crippen LogP contribution in [0.25, 0.3) is 0 Å². The van der Waals surface area contributed by atoms with Crippen molar-refractivity contribution >= 4 is 11.6 Å². The van der Waals surface area contributed by atoms with Crippen LogP contribution < -0.4 is 5.32 Å². The van der Waals surface area contributed by atoms with E-state index in [9.17, 15) is 5.11 Å². The van der Waals surface area contributed by atoms with Gasteiger partial charge in [0.15, 0.2) is 0 Å². The zero-order chi connectivity index (χ0) is 14.4. The third kappa shape index (κ3) is 5.91. The molecule has 0 bridgehead atoms. The molecule has 0 aliphatic heterocycles. The van der Waals surface area contributed by atoms with Crippen LogP contribution in [0.1, 0.15) is 32.4 Å². The highest BCUT2D eigenvalue weighted by Crippen LogP contribution is 2.21. The van der Waals surface area contributed by atoms with E-state index in [-0.39, 0.29) is 12.1 Å². The van der Waals surface area contributed by atoms with Gasteiger partial charge in [0.05, 0.1) is 6.10 Å². The van der Waals surface area contributed by atoms with Crippen LogP contribution in [-0.2, 0) is 0 Å². The van der Waals surface area contributed by atoms with Gasteiger partial charge in [-0.3, -0.25) is 4.90 Å². The third-order valence-electron chi connectivity index (χ3n) is 3.25. The molecule has 0 heterocycles. The van der Waals surface area contributed by atoms with Crippen LogP contribution in [0.3, 0.4) is 0 Å². The normalized spacial score (nSPS) is 14.9. The maximum Gasteiger partial charge on any atom is 0.0791 e. The second-order valence-corrected chi connectivity index (χ2v) is 5.82. The van der Waals surface area contributed by atoms with E-state index in [1.165, 1.54) is 5.56 Å². The van der Waals surface area contributed by atoms with Crippen LogP contribution >= 0.6 is 11.6 Å². The Labute approximate surface area is 121 Å². The predicted molar refractivity (Wildman–Crippen MR) is 81.6 cm³/mol. The molecule has 0 aromatic heterocycles. The van der Waals surface area contributed by atoms with Gasteiger partial charge in [-0.25, -0.2) is 0 Å². The fourth-order valence-corrected chi connectivity index (χ4v) is 2.15. The summed E-state index contributed by atoms with van der Waals surface area (Å²) in [5, 5.41) is 14.0. The Balaban J connectivity index is 2.50. The molecule has 0 radical (unpaired) electrons. The molecular weight excluding hydrogens is 260 g/mol. The molecule has 3 nitrogen and oxygen atoms in total. The first-order valence-electron chi connectivity index (χ1n) is 6.77. The molecule has 4 heteroatoms. The van der Waals surface area contributed by atoms with E-state index in [1.807, 2.05) is 25.2 Å². The SMILES string of the molecule is CC(C)NCC(O)CN(C)C(C)c1cccc(Cl)c1. The molecule has 0 aliphatic rings. The van der Waals surface area contributed by atoms with Gasteiger partial charge < -0.3 is 10.4 Å². The van der Waals surface area contributed by atoms with Gasteiger partial charge in [0.25, 0.3) is 0 Å². The summed E-state index contributed by atoms with van der Waals surface area (Å²) in [5.74, 6) is 0. The largest absolute Gasteiger partial charge is 0.390 e. The van der Waals surface area contributed by atoms with Crippen LogP contribution in [0.2, 0.25) is 5.02 Å². The molecule has 0 saturated carbocycles. The van der Waals surface area contributed by atoms with Gasteiger partial charge in [0.2, 0.25) is 0 Å². The molecule has 2 N–H and O–H groups in total. The Bertz CT molecular complexity index is 384. The van der Waals surface area contributed by atoms with E-state index in [4.69, 9.17) is 11.6 Å². The Morgan fingerprint density at radius 1 is 1.32 bits per heavy atom. The maximum absolute atomic E-state index is 9.99. The van der Waals surface area contributed by atoms with Gasteiger partial charge in [0.1, 0.15) is 0 Å². The molecule has 1 aromatic carbocycles. The maximum atomic E-state index is 9.99. The number of nitrogens with one attached hydrogen (secondary N) is 1. The second-order valence-electron chi connectivity index (χ2n) is 5.39. The molecule has 1 aromatic rings. The lowest BCUT2D eigenvalue weighted by molar-refractivity contribution is 0.105. The van der Waals surface area contributed by atoms with E-state index in [0.29, 0.717) is 19.1 Å². The Morgan fingerprint density at radius 3 is 2.58 bits per heavy atom. The summed E-state index contributed by atoms with van der Waals surface area (Å²) in [5.41, 5.74) is 1.17. The van der Waals surface area contributed by atoms with Crippen molar-refractivity contribution < 1.29 is 5.11 Å². The van der Waals surface area contributed by atoms with E-state index >= 15 is 0 Å². The van der Waals surface area contributed by atoms with Crippen molar-refractivity contribution in [2.75, 3.05) is 20.1 Å². The van der Waals surface area contributed by atoms with E-state index in [1.54, 1.807) is 0 Å². The van der Waals surface area contributed by atoms with Crippen LogP contribution in [0.4, 0.5) is 0 Å². The molecule has 0 spiro atoms. The summed E-state index contributed by atoms with van der Waals surface area (Å²) in [4.78, 5) is 2.14. The van der Waals surface area contributed by atoms with E-state index < -0.39 is 0 Å². The average molecular weight is 285 g/mol. The quantitative estimate of drug-likeness (QED) is 0.808. The average Bonchev–Trinajstić information content (AvgIpc) is 2.35. The minimum Gasteiger partial charge on any atom is -0.390 e. The summed E-state index contributed by atoms with van der Waals surface area (Å²) < 4.78 is 0. The molecule has 0 fully saturated rings. The standard InChI is InChI=1S/C15H25ClN2O/c1-11(2)17-9-15(19)10-18(4)12(3)13-6-5-7-14(16)8-13/h5-8,11-12,15,17,19H,9-10H2,1-4H3. The van der Waals surface area contributed by atoms with Gasteiger partial charge in [-0.2, -0.15) is 0 Å². The highest BCUT2D eigenvalue weighted by molar-refractivity contribution is 6.30. The molecule has 19 heavy (non-hydrogen) atoms. The Hall–Kier alpha value is -0.610. The third-order valence-corrected chi connectivity index (χ3v) is 3.49. The molecule has 2 unspecified atom stereocenters. The van der Waals surface area contributed by atoms with Gasteiger partial charge in [-0.1, -0.05) is 37.6 Å². The lowest BCUT2D eigenvalue weighted by atomic mass is 10.1. The fraction of sp³-hybridized carbons (Fsp3) is 0.600. The number of halogens is 1. The van der Waals surface area contributed by atoms with Gasteiger partial charge in [-0.05, 0) is 31.7 Å². The molecule has 108 valence electrons. The van der Waals surface area contributed by atoms with Crippen molar-refractivity contribution in [3.8, 4) is 0 Å². The summed E-state index contributed by atoms with van der Waals surface area (Å²) in [6.07, 6.45) is -0.367. The van der Waals surface area contributed by atoms with Crippen molar-refractivity contribution in [2.24, 2.45) is 0 Å². The molecule has 1 rings (SSSR count). The van der Waals surface area contributed by atoms with Crippen molar-refractivity contribution in [3.05, 3.63) is 34.9 Å². The lowest BCUT2D eigenvalue weighted by Gasteiger charge is -2.28. The van der Waals surface area contributed by atoms with E-state index in [2.05, 4.69) is 37.1 Å². The highest BCUT2D eigenvalue weighted by atomic mass is 35.5. The molecule has 0 amide bonds. The topological polar surface area (TPSA) is 35.5 Å². The zero-order valence-corrected chi connectivity index (χ0v) is 13.0. The summed E-state index contributed by atoms with van der Waals surface area (Å²) >= 11 is 6.01. The number of hydrogen-bond donors (Lipinski definition) is 2. The summed E-state index contributed by atoms with van der Waals surface area (Å²) in [6.45, 7) is 7.52. The number of rotatable bonds is 7. The number of aliphatic hydroxyl groups excluding tert-OH is 1. The van der Waals surface area contributed by atoms with Crippen LogP contribution in [-0.4, -0.2) is 42.3 Å². The lowest BCUT2D eigenvalue weighted by Crippen LogP contribution is -2.39. The molecule has 0 saturated heterocycles. The molecule has 0 aliphatic carbocycles. The first-order valence-corrected chi connectivity index (χ1v) is 7.15. The van der Waals surface area contributed by atoms with Crippen molar-refractivity contribution in [1.82, 2.24) is 10.2 Å². The minimum absolute atomic E-state index is 0.229. The number of benzene rings is 1. The summed E-state index contributed by atoms with van der Waals surface area (Å²) in [7, 11) is 2.02. The fourth-order valence-electron chi connectivity index (χ4n) is 1.95. The first kappa shape index (κ1) is 16.4. The second kappa shape index (κ2) is 7.85. The summed E-state index contributed by atoms with van der Waals surface area (Å²) in [6, 6.07) is 8.49. The van der Waals surface area contributed by atoms with Gasteiger partial charge >= 0.3 is 0 Å². The van der Waals surface area contributed by atoms with Crippen LogP contribution in [0.15, 0.2) is 24.3 Å². The number of likely N-dealkylation sites (N-methyl/N-ethyl adjacent to an activating group) is 1. The first-order chi connectivity index (χ1) is 8.90. The highest BCUT2D eigenvalue weighted by Gasteiger charge is 2.15. The van der Waals surface area contributed by atoms with Crippen molar-refractivity contribution in [1.29, 1.82) is 0 Å². The van der Waals surface area contributed by atoms with Gasteiger partial charge in [0, 0.05) is 30.2 Å². The molecule has 2 atom stereocenters. The van der Waals surface area contributed by atoms with Crippen molar-refractivity contribution in [2.45, 2.75) is 39.0 Å². The zero-order valence-electron chi connectivity index (χ0n) is 12.2. The monoisotopic (exact) mass is 284 g/mol. The number of nitrogens with zero attached hydrogens (tertiary/aromatic N) is 1. The number of aliphatic hydroxyl groups is 1. The Kier molecular flexibility index (Phi) is 6.80. The van der Waals surface area contributed by atoms with Crippen LogP contribution in [0, 0.1) is 0 Å². The van der Waals surface area contributed by atoms with Gasteiger partial charge in [-0.15, -0.1) is 0 Å². The number of hydrogen-bond acceptors (Lipinski definition) is 3. The Morgan fingerprint density at radius 2 is 2.00 bits per heavy atom. The minimum atomic E-state index is -0.367.